The maximum Gasteiger partial charge on any atom is 0.310 e. The van der Waals surface area contributed by atoms with Crippen LogP contribution in [0.3, 0.4) is 0 Å². The maximum atomic E-state index is 12.3. The highest BCUT2D eigenvalue weighted by atomic mass is 16.4. The van der Waals surface area contributed by atoms with Gasteiger partial charge in [-0.2, -0.15) is 0 Å². The van der Waals surface area contributed by atoms with Gasteiger partial charge in [0.2, 0.25) is 5.91 Å². The summed E-state index contributed by atoms with van der Waals surface area (Å²) in [7, 11) is 0. The lowest BCUT2D eigenvalue weighted by atomic mass is 10.0. The lowest BCUT2D eigenvalue weighted by Gasteiger charge is -2.09. The van der Waals surface area contributed by atoms with Gasteiger partial charge >= 0.3 is 5.97 Å². The molecule has 0 rings (SSSR count). The number of carbonyl (C=O) groups excluding carboxylic acids is 1. The number of rotatable bonds is 33. The van der Waals surface area contributed by atoms with E-state index < -0.39 is 11.9 Å². The van der Waals surface area contributed by atoms with E-state index in [9.17, 15) is 14.7 Å². The van der Waals surface area contributed by atoms with Crippen molar-refractivity contribution in [3.63, 3.8) is 0 Å². The van der Waals surface area contributed by atoms with Crippen molar-refractivity contribution < 1.29 is 14.7 Å². The van der Waals surface area contributed by atoms with Crippen LogP contribution in [-0.2, 0) is 9.59 Å². The van der Waals surface area contributed by atoms with E-state index in [2.05, 4.69) is 31.3 Å². The molecule has 0 aliphatic carbocycles. The van der Waals surface area contributed by atoms with Gasteiger partial charge < -0.3 is 10.4 Å². The highest BCUT2D eigenvalue weighted by Gasteiger charge is 2.17. The summed E-state index contributed by atoms with van der Waals surface area (Å²) in [5, 5.41) is 12.4. The number of carboxylic acids is 1. The summed E-state index contributed by atoms with van der Waals surface area (Å²) >= 11 is 0. The van der Waals surface area contributed by atoms with Gasteiger partial charge in [-0.1, -0.05) is 167 Å². The van der Waals surface area contributed by atoms with Crippen molar-refractivity contribution in [2.24, 2.45) is 5.92 Å². The number of hydrogen-bond acceptors (Lipinski definition) is 2. The molecule has 0 fully saturated rings. The van der Waals surface area contributed by atoms with Crippen molar-refractivity contribution in [2.45, 2.75) is 194 Å². The molecule has 1 unspecified atom stereocenters. The second kappa shape index (κ2) is 33.9. The van der Waals surface area contributed by atoms with Gasteiger partial charge in [-0.25, -0.2) is 0 Å². The Labute approximate surface area is 262 Å². The Balaban J connectivity index is 3.61. The van der Waals surface area contributed by atoms with Crippen molar-refractivity contribution in [1.82, 2.24) is 5.32 Å². The molecule has 1 atom stereocenters. The van der Waals surface area contributed by atoms with Gasteiger partial charge in [-0.15, -0.1) is 0 Å². The number of carbonyl (C=O) groups is 2. The van der Waals surface area contributed by atoms with Gasteiger partial charge in [0.05, 0.1) is 5.92 Å². The Hall–Kier alpha value is -1.58. The molecule has 0 radical (unpaired) electrons. The average Bonchev–Trinajstić information content (AvgIpc) is 2.98. The molecule has 4 heteroatoms. The van der Waals surface area contributed by atoms with E-state index in [0.717, 1.165) is 25.7 Å². The molecule has 0 spiro atoms. The Morgan fingerprint density at radius 1 is 0.524 bits per heavy atom. The smallest absolute Gasteiger partial charge is 0.310 e. The molecular formula is C38H71NO3. The van der Waals surface area contributed by atoms with Crippen LogP contribution in [0.1, 0.15) is 194 Å². The first kappa shape index (κ1) is 40.4. The zero-order valence-electron chi connectivity index (χ0n) is 28.2. The highest BCUT2D eigenvalue weighted by Crippen LogP contribution is 2.14. The van der Waals surface area contributed by atoms with E-state index in [4.69, 9.17) is 0 Å². The Bertz CT molecular complexity index is 642. The fourth-order valence-electron chi connectivity index (χ4n) is 5.47. The van der Waals surface area contributed by atoms with Crippen LogP contribution >= 0.6 is 0 Å². The molecule has 42 heavy (non-hydrogen) atoms. The molecule has 0 heterocycles. The van der Waals surface area contributed by atoms with Gasteiger partial charge in [0.1, 0.15) is 0 Å². The molecule has 246 valence electrons. The first-order chi connectivity index (χ1) is 20.6. The van der Waals surface area contributed by atoms with E-state index in [1.165, 1.54) is 148 Å². The molecule has 0 aromatic heterocycles. The van der Waals surface area contributed by atoms with E-state index in [-0.39, 0.29) is 12.3 Å². The Morgan fingerprint density at radius 3 is 1.29 bits per heavy atom. The number of unbranched alkanes of at least 4 members (excludes halogenated alkanes) is 24. The molecule has 4 nitrogen and oxygen atoms in total. The minimum atomic E-state index is -0.909. The van der Waals surface area contributed by atoms with Crippen LogP contribution in [0.5, 0.6) is 0 Å². The van der Waals surface area contributed by atoms with Gasteiger partial charge in [0.25, 0.3) is 0 Å². The van der Waals surface area contributed by atoms with Crippen LogP contribution in [0.4, 0.5) is 0 Å². The van der Waals surface area contributed by atoms with E-state index in [1.807, 2.05) is 6.08 Å². The number of carboxylic acid groups (broad SMARTS) is 1. The molecule has 0 aliphatic rings. The Morgan fingerprint density at radius 2 is 0.881 bits per heavy atom. The number of allylic oxidation sites excluding steroid dienone is 3. The van der Waals surface area contributed by atoms with Gasteiger partial charge in [0, 0.05) is 13.0 Å². The summed E-state index contributed by atoms with van der Waals surface area (Å²) in [6.45, 7) is 5.18. The lowest BCUT2D eigenvalue weighted by Crippen LogP contribution is -2.28. The summed E-state index contributed by atoms with van der Waals surface area (Å²) < 4.78 is 0. The number of aliphatic carboxylic acids is 1. The average molecular weight is 590 g/mol. The molecule has 0 bridgehead atoms. The summed E-state index contributed by atoms with van der Waals surface area (Å²) in [6, 6.07) is 0. The summed E-state index contributed by atoms with van der Waals surface area (Å²) in [5.74, 6) is -1.78. The van der Waals surface area contributed by atoms with Crippen LogP contribution in [0.25, 0.3) is 0 Å². The Kier molecular flexibility index (Phi) is 32.6. The second-order valence-corrected chi connectivity index (χ2v) is 12.5. The van der Waals surface area contributed by atoms with Crippen LogP contribution in [-0.4, -0.2) is 23.5 Å². The van der Waals surface area contributed by atoms with Crippen molar-refractivity contribution >= 4 is 11.9 Å². The molecule has 0 saturated carbocycles. The van der Waals surface area contributed by atoms with Gasteiger partial charge in [0.15, 0.2) is 0 Å². The molecule has 0 aliphatic heterocycles. The molecular weight excluding hydrogens is 518 g/mol. The van der Waals surface area contributed by atoms with Crippen LogP contribution in [0.15, 0.2) is 24.3 Å². The van der Waals surface area contributed by atoms with Crippen molar-refractivity contribution in [1.29, 1.82) is 0 Å². The third kappa shape index (κ3) is 31.4. The molecule has 0 saturated heterocycles. The predicted octanol–water partition coefficient (Wildman–Crippen LogP) is 11.9. The summed E-state index contributed by atoms with van der Waals surface area (Å²) in [6.07, 6.45) is 43.0. The fraction of sp³-hybridized carbons (Fsp3) is 0.842. The van der Waals surface area contributed by atoms with Crippen molar-refractivity contribution in [2.75, 3.05) is 6.54 Å². The maximum absolute atomic E-state index is 12.3. The second-order valence-electron chi connectivity index (χ2n) is 12.5. The van der Waals surface area contributed by atoms with E-state index >= 15 is 0 Å². The number of amides is 1. The van der Waals surface area contributed by atoms with Gasteiger partial charge in [-0.05, 0) is 44.9 Å². The molecule has 0 aromatic rings. The number of hydrogen-bond donors (Lipinski definition) is 2. The van der Waals surface area contributed by atoms with Crippen molar-refractivity contribution in [3.8, 4) is 0 Å². The van der Waals surface area contributed by atoms with E-state index in [1.54, 1.807) is 6.08 Å². The zero-order chi connectivity index (χ0) is 30.8. The van der Waals surface area contributed by atoms with Gasteiger partial charge in [-0.3, -0.25) is 9.59 Å². The lowest BCUT2D eigenvalue weighted by molar-refractivity contribution is -0.142. The third-order valence-corrected chi connectivity index (χ3v) is 8.33. The quantitative estimate of drug-likeness (QED) is 0.0591. The fourth-order valence-corrected chi connectivity index (χ4v) is 5.47. The molecule has 1 amide bonds. The number of nitrogens with one attached hydrogen (secondary N) is 1. The largest absolute Gasteiger partial charge is 0.481 e. The van der Waals surface area contributed by atoms with E-state index in [0.29, 0.717) is 6.54 Å². The standard InChI is InChI=1S/C38H71NO3/c1-3-5-7-9-11-13-15-17-19-20-22-24-26-28-30-32-34-39-37(40)35-36(38(41)42)33-31-29-27-25-23-21-18-16-14-12-10-8-6-4-2/h17,19,31,33,36H,3-16,18,20-30,32,34-35H2,1-2H3,(H,39,40)(H,41,42)/b19-17+,33-31+. The van der Waals surface area contributed by atoms with Crippen molar-refractivity contribution in [3.05, 3.63) is 24.3 Å². The normalized spacial score (nSPS) is 12.4. The molecule has 2 N–H and O–H groups in total. The predicted molar refractivity (Wildman–Crippen MR) is 183 cm³/mol. The first-order valence-electron chi connectivity index (χ1n) is 18.4. The summed E-state index contributed by atoms with van der Waals surface area (Å²) in [5.41, 5.74) is 0. The summed E-state index contributed by atoms with van der Waals surface area (Å²) in [4.78, 5) is 23.8. The zero-order valence-corrected chi connectivity index (χ0v) is 28.2. The SMILES string of the molecule is CCCCCCCC/C=C/CCCCCCCCNC(=O)CC(/C=C/CCCCCCCCCCCCCC)C(=O)O. The third-order valence-electron chi connectivity index (χ3n) is 8.33. The van der Waals surface area contributed by atoms with Crippen LogP contribution in [0, 0.1) is 5.92 Å². The van der Waals surface area contributed by atoms with Crippen LogP contribution < -0.4 is 5.32 Å². The highest BCUT2D eigenvalue weighted by molar-refractivity contribution is 5.83. The minimum absolute atomic E-state index is 0.0383. The topological polar surface area (TPSA) is 66.4 Å². The minimum Gasteiger partial charge on any atom is -0.481 e. The first-order valence-corrected chi connectivity index (χ1v) is 18.4. The molecule has 0 aromatic carbocycles. The monoisotopic (exact) mass is 590 g/mol. The van der Waals surface area contributed by atoms with Crippen LogP contribution in [0.2, 0.25) is 0 Å².